The lowest BCUT2D eigenvalue weighted by atomic mass is 10.1. The lowest BCUT2D eigenvalue weighted by molar-refractivity contribution is -0.131. The summed E-state index contributed by atoms with van der Waals surface area (Å²) >= 11 is 1.43. The summed E-state index contributed by atoms with van der Waals surface area (Å²) in [5.41, 5.74) is 1.14. The predicted molar refractivity (Wildman–Crippen MR) is 111 cm³/mol. The molecule has 1 aliphatic carbocycles. The molecule has 156 valence electrons. The number of rotatable bonds is 9. The molecule has 2 aromatic rings. The second-order valence-electron chi connectivity index (χ2n) is 7.70. The van der Waals surface area contributed by atoms with Crippen molar-refractivity contribution < 1.29 is 9.53 Å². The molecule has 1 aromatic heterocycles. The van der Waals surface area contributed by atoms with E-state index in [4.69, 9.17) is 4.74 Å². The number of aromatic nitrogens is 4. The number of benzene rings is 1. The summed E-state index contributed by atoms with van der Waals surface area (Å²) in [6, 6.07) is 10.7. The molecule has 2 aliphatic rings. The first-order chi connectivity index (χ1) is 14.2. The first-order valence-electron chi connectivity index (χ1n) is 10.2. The van der Waals surface area contributed by atoms with Crippen molar-refractivity contribution in [2.45, 2.75) is 43.6 Å². The number of amides is 1. The zero-order valence-corrected chi connectivity index (χ0v) is 17.6. The highest BCUT2D eigenvalue weighted by Gasteiger charge is 2.29. The molecule has 1 saturated heterocycles. The fraction of sp³-hybridized carbons (Fsp3) is 0.600. The Balaban J connectivity index is 1.41. The standard InChI is InChI=1S/C20H28N6O2S/c1-16(13-24-9-11-28-12-10-24)25(14-17-5-3-2-4-6-17)19(27)15-29-20-21-22-23-26(20)18-7-8-18/h2-6,16,18H,7-15H2,1H3. The van der Waals surface area contributed by atoms with Crippen molar-refractivity contribution >= 4 is 17.7 Å². The molecule has 0 N–H and O–H groups in total. The third kappa shape index (κ3) is 5.55. The Morgan fingerprint density at radius 1 is 1.28 bits per heavy atom. The van der Waals surface area contributed by atoms with Crippen molar-refractivity contribution in [1.82, 2.24) is 30.0 Å². The molecule has 1 atom stereocenters. The number of nitrogens with zero attached hydrogens (tertiary/aromatic N) is 6. The summed E-state index contributed by atoms with van der Waals surface area (Å²) < 4.78 is 7.31. The van der Waals surface area contributed by atoms with Crippen LogP contribution in [0.1, 0.15) is 31.4 Å². The molecular weight excluding hydrogens is 388 g/mol. The molecule has 2 heterocycles. The van der Waals surface area contributed by atoms with Crippen LogP contribution in [0.3, 0.4) is 0 Å². The third-order valence-electron chi connectivity index (χ3n) is 5.35. The van der Waals surface area contributed by atoms with E-state index in [1.807, 2.05) is 27.8 Å². The van der Waals surface area contributed by atoms with Crippen LogP contribution < -0.4 is 0 Å². The Bertz CT molecular complexity index is 791. The van der Waals surface area contributed by atoms with Crippen LogP contribution in [0, 0.1) is 0 Å². The second kappa shape index (κ2) is 9.69. The van der Waals surface area contributed by atoms with Crippen molar-refractivity contribution in [2.75, 3.05) is 38.6 Å². The first kappa shape index (κ1) is 20.3. The van der Waals surface area contributed by atoms with E-state index in [0.29, 0.717) is 18.3 Å². The molecule has 1 aliphatic heterocycles. The van der Waals surface area contributed by atoms with Crippen LogP contribution in [0.25, 0.3) is 0 Å². The van der Waals surface area contributed by atoms with E-state index in [9.17, 15) is 4.79 Å². The van der Waals surface area contributed by atoms with E-state index in [0.717, 1.165) is 56.4 Å². The van der Waals surface area contributed by atoms with Crippen LogP contribution in [0.15, 0.2) is 35.5 Å². The highest BCUT2D eigenvalue weighted by atomic mass is 32.2. The maximum absolute atomic E-state index is 13.2. The van der Waals surface area contributed by atoms with Gasteiger partial charge in [0.1, 0.15) is 0 Å². The Morgan fingerprint density at radius 3 is 2.76 bits per heavy atom. The molecule has 0 bridgehead atoms. The minimum absolute atomic E-state index is 0.112. The largest absolute Gasteiger partial charge is 0.379 e. The molecule has 0 spiro atoms. The molecule has 9 heteroatoms. The minimum Gasteiger partial charge on any atom is -0.379 e. The van der Waals surface area contributed by atoms with Crippen LogP contribution in [-0.4, -0.2) is 80.6 Å². The Hall–Kier alpha value is -1.97. The van der Waals surface area contributed by atoms with Crippen LogP contribution >= 0.6 is 11.8 Å². The summed E-state index contributed by atoms with van der Waals surface area (Å²) in [5.74, 6) is 0.456. The van der Waals surface area contributed by atoms with Crippen molar-refractivity contribution in [3.05, 3.63) is 35.9 Å². The van der Waals surface area contributed by atoms with Crippen molar-refractivity contribution in [3.63, 3.8) is 0 Å². The summed E-state index contributed by atoms with van der Waals surface area (Å²) in [4.78, 5) is 17.6. The van der Waals surface area contributed by atoms with E-state index < -0.39 is 0 Å². The van der Waals surface area contributed by atoms with Crippen molar-refractivity contribution in [2.24, 2.45) is 0 Å². The maximum atomic E-state index is 13.2. The minimum atomic E-state index is 0.112. The summed E-state index contributed by atoms with van der Waals surface area (Å²) in [6.07, 6.45) is 2.23. The van der Waals surface area contributed by atoms with Crippen LogP contribution in [-0.2, 0) is 16.1 Å². The quantitative estimate of drug-likeness (QED) is 0.578. The number of ether oxygens (including phenoxy) is 1. The molecule has 4 rings (SSSR count). The number of thioether (sulfide) groups is 1. The van der Waals surface area contributed by atoms with Gasteiger partial charge in [0.05, 0.1) is 25.0 Å². The summed E-state index contributed by atoms with van der Waals surface area (Å²) in [6.45, 7) is 6.96. The van der Waals surface area contributed by atoms with Gasteiger partial charge in [0, 0.05) is 32.2 Å². The highest BCUT2D eigenvalue weighted by molar-refractivity contribution is 7.99. The van der Waals surface area contributed by atoms with Gasteiger partial charge in [-0.3, -0.25) is 9.69 Å². The monoisotopic (exact) mass is 416 g/mol. The first-order valence-corrected chi connectivity index (χ1v) is 11.2. The van der Waals surface area contributed by atoms with Crippen LogP contribution in [0.5, 0.6) is 0 Å². The molecule has 1 saturated carbocycles. The fourth-order valence-corrected chi connectivity index (χ4v) is 4.39. The number of carbonyl (C=O) groups excluding carboxylic acids is 1. The average Bonchev–Trinajstić information content (AvgIpc) is 3.49. The lowest BCUT2D eigenvalue weighted by Crippen LogP contribution is -2.48. The van der Waals surface area contributed by atoms with Gasteiger partial charge < -0.3 is 9.64 Å². The molecule has 29 heavy (non-hydrogen) atoms. The topological polar surface area (TPSA) is 76.4 Å². The van der Waals surface area contributed by atoms with Gasteiger partial charge in [-0.25, -0.2) is 4.68 Å². The van der Waals surface area contributed by atoms with E-state index in [-0.39, 0.29) is 11.9 Å². The zero-order valence-electron chi connectivity index (χ0n) is 16.8. The smallest absolute Gasteiger partial charge is 0.233 e. The van der Waals surface area contributed by atoms with Gasteiger partial charge in [-0.1, -0.05) is 42.1 Å². The molecule has 8 nitrogen and oxygen atoms in total. The molecular formula is C20H28N6O2S. The van der Waals surface area contributed by atoms with Gasteiger partial charge >= 0.3 is 0 Å². The molecule has 1 unspecified atom stereocenters. The van der Waals surface area contributed by atoms with Gasteiger partial charge in [0.15, 0.2) is 0 Å². The Kier molecular flexibility index (Phi) is 6.78. The normalized spacial score (nSPS) is 18.5. The number of hydrogen-bond donors (Lipinski definition) is 0. The Labute approximate surface area is 175 Å². The number of hydrogen-bond acceptors (Lipinski definition) is 7. The number of carbonyl (C=O) groups is 1. The predicted octanol–water partition coefficient (Wildman–Crippen LogP) is 1.85. The fourth-order valence-electron chi connectivity index (χ4n) is 3.56. The van der Waals surface area contributed by atoms with Gasteiger partial charge in [0.2, 0.25) is 11.1 Å². The summed E-state index contributed by atoms with van der Waals surface area (Å²) in [5, 5.41) is 12.7. The van der Waals surface area contributed by atoms with Gasteiger partial charge in [0.25, 0.3) is 0 Å². The van der Waals surface area contributed by atoms with E-state index in [1.54, 1.807) is 0 Å². The zero-order chi connectivity index (χ0) is 20.1. The molecule has 2 fully saturated rings. The van der Waals surface area contributed by atoms with Crippen LogP contribution in [0.4, 0.5) is 0 Å². The van der Waals surface area contributed by atoms with Gasteiger partial charge in [-0.05, 0) is 35.8 Å². The molecule has 0 radical (unpaired) electrons. The SMILES string of the molecule is CC(CN1CCOCC1)N(Cc1ccccc1)C(=O)CSc1nnnn1C1CC1. The summed E-state index contributed by atoms with van der Waals surface area (Å²) in [7, 11) is 0. The van der Waals surface area contributed by atoms with E-state index >= 15 is 0 Å². The van der Waals surface area contributed by atoms with Crippen LogP contribution in [0.2, 0.25) is 0 Å². The van der Waals surface area contributed by atoms with Crippen molar-refractivity contribution in [1.29, 1.82) is 0 Å². The molecule has 1 amide bonds. The average molecular weight is 417 g/mol. The third-order valence-corrected chi connectivity index (χ3v) is 6.27. The number of tetrazole rings is 1. The lowest BCUT2D eigenvalue weighted by Gasteiger charge is -2.35. The molecule has 1 aromatic carbocycles. The van der Waals surface area contributed by atoms with Crippen molar-refractivity contribution in [3.8, 4) is 0 Å². The van der Waals surface area contributed by atoms with E-state index in [1.165, 1.54) is 11.8 Å². The van der Waals surface area contributed by atoms with E-state index in [2.05, 4.69) is 39.5 Å². The second-order valence-corrected chi connectivity index (χ2v) is 8.64. The Morgan fingerprint density at radius 2 is 2.03 bits per heavy atom. The number of morpholine rings is 1. The van der Waals surface area contributed by atoms with Gasteiger partial charge in [-0.2, -0.15) is 0 Å². The maximum Gasteiger partial charge on any atom is 0.233 e. The highest BCUT2D eigenvalue weighted by Crippen LogP contribution is 2.36. The van der Waals surface area contributed by atoms with Gasteiger partial charge in [-0.15, -0.1) is 5.10 Å².